The van der Waals surface area contributed by atoms with Gasteiger partial charge >= 0.3 is 0 Å². The smallest absolute Gasteiger partial charge is 0.239 e. The molecule has 1 aliphatic rings. The van der Waals surface area contributed by atoms with Crippen LogP contribution in [0.25, 0.3) is 0 Å². The van der Waals surface area contributed by atoms with E-state index in [1.54, 1.807) is 19.1 Å². The summed E-state index contributed by atoms with van der Waals surface area (Å²) in [6.07, 6.45) is 3.05. The van der Waals surface area contributed by atoms with E-state index in [0.717, 1.165) is 44.9 Å². The van der Waals surface area contributed by atoms with E-state index < -0.39 is 0 Å². The van der Waals surface area contributed by atoms with E-state index in [-0.39, 0.29) is 17.6 Å². The van der Waals surface area contributed by atoms with E-state index in [9.17, 15) is 4.79 Å². The van der Waals surface area contributed by atoms with Crippen LogP contribution in [0.1, 0.15) is 33.1 Å². The van der Waals surface area contributed by atoms with Crippen molar-refractivity contribution in [2.75, 3.05) is 54.4 Å². The molecule has 0 aromatic heterocycles. The molecule has 1 atom stereocenters. The number of nitrogens with zero attached hydrogens (tertiary/aromatic N) is 3. The van der Waals surface area contributed by atoms with Gasteiger partial charge in [-0.25, -0.2) is 0 Å². The number of carbonyl (C=O) groups excluding carboxylic acids is 1. The van der Waals surface area contributed by atoms with E-state index in [1.807, 2.05) is 27.9 Å². The van der Waals surface area contributed by atoms with Crippen molar-refractivity contribution >= 4 is 11.9 Å². The average Bonchev–Trinajstić information content (AvgIpc) is 3.01. The molecule has 24 heavy (non-hydrogen) atoms. The molecule has 1 rings (SSSR count). The highest BCUT2D eigenvalue weighted by atomic mass is 16.5. The van der Waals surface area contributed by atoms with E-state index in [0.29, 0.717) is 6.54 Å². The molecule has 0 aromatic carbocycles. The van der Waals surface area contributed by atoms with Crippen LogP contribution < -0.4 is 10.6 Å². The highest BCUT2D eigenvalue weighted by Crippen LogP contribution is 2.18. The third-order valence-corrected chi connectivity index (χ3v) is 4.46. The number of aliphatic imine (C=N–C) groups is 1. The lowest BCUT2D eigenvalue weighted by molar-refractivity contribution is -0.133. The molecule has 0 saturated carbocycles. The normalized spacial score (nSPS) is 19.4. The lowest BCUT2D eigenvalue weighted by Crippen LogP contribution is -2.46. The van der Waals surface area contributed by atoms with Gasteiger partial charge in [0.15, 0.2) is 5.96 Å². The zero-order valence-corrected chi connectivity index (χ0v) is 16.2. The number of nitrogens with one attached hydrogen (secondary N) is 2. The predicted octanol–water partition coefficient (Wildman–Crippen LogP) is 0.519. The standard InChI is InChI=1S/C17H35N5O2/c1-17(2,24-6)13-20-16(18-3)19-10-8-12-22-11-7-9-14(22)15(23)21(4)5/h14H,7-13H2,1-6H3,(H2,18,19,20). The monoisotopic (exact) mass is 341 g/mol. The number of guanidine groups is 1. The summed E-state index contributed by atoms with van der Waals surface area (Å²) in [4.78, 5) is 20.4. The summed E-state index contributed by atoms with van der Waals surface area (Å²) in [6, 6.07) is 0.0555. The molecule has 0 radical (unpaired) electrons. The molecule has 140 valence electrons. The first-order valence-electron chi connectivity index (χ1n) is 8.75. The van der Waals surface area contributed by atoms with Crippen molar-refractivity contribution in [3.8, 4) is 0 Å². The van der Waals surface area contributed by atoms with Crippen LogP contribution in [-0.4, -0.2) is 87.7 Å². The molecule has 1 heterocycles. The minimum atomic E-state index is -0.229. The molecule has 0 bridgehead atoms. The van der Waals surface area contributed by atoms with Crippen LogP contribution in [0.15, 0.2) is 4.99 Å². The summed E-state index contributed by atoms with van der Waals surface area (Å²) in [5, 5.41) is 6.59. The maximum absolute atomic E-state index is 12.2. The van der Waals surface area contributed by atoms with E-state index in [1.165, 1.54) is 0 Å². The summed E-state index contributed by atoms with van der Waals surface area (Å²) in [5.41, 5.74) is -0.229. The highest BCUT2D eigenvalue weighted by molar-refractivity contribution is 5.81. The Kier molecular flexibility index (Phi) is 8.48. The van der Waals surface area contributed by atoms with E-state index in [2.05, 4.69) is 20.5 Å². The van der Waals surface area contributed by atoms with Crippen molar-refractivity contribution in [3.05, 3.63) is 0 Å². The van der Waals surface area contributed by atoms with Gasteiger partial charge in [-0.3, -0.25) is 14.7 Å². The van der Waals surface area contributed by atoms with Gasteiger partial charge in [0.1, 0.15) is 0 Å². The number of amides is 1. The summed E-state index contributed by atoms with van der Waals surface area (Å²) in [5.74, 6) is 1.00. The number of hydrogen-bond donors (Lipinski definition) is 2. The van der Waals surface area contributed by atoms with Crippen molar-refractivity contribution in [2.45, 2.75) is 44.8 Å². The third kappa shape index (κ3) is 6.65. The summed E-state index contributed by atoms with van der Waals surface area (Å²) in [6.45, 7) is 7.52. The first-order valence-corrected chi connectivity index (χ1v) is 8.75. The van der Waals surface area contributed by atoms with Gasteiger partial charge in [0.25, 0.3) is 0 Å². The second-order valence-corrected chi connectivity index (χ2v) is 7.10. The molecule has 7 heteroatoms. The first kappa shape index (κ1) is 20.7. The lowest BCUT2D eigenvalue weighted by Gasteiger charge is -2.26. The largest absolute Gasteiger partial charge is 0.377 e. The molecule has 1 unspecified atom stereocenters. The maximum atomic E-state index is 12.2. The lowest BCUT2D eigenvalue weighted by atomic mass is 10.1. The van der Waals surface area contributed by atoms with Crippen molar-refractivity contribution in [1.82, 2.24) is 20.4 Å². The summed E-state index contributed by atoms with van der Waals surface area (Å²) in [7, 11) is 7.13. The fourth-order valence-electron chi connectivity index (χ4n) is 2.75. The number of carbonyl (C=O) groups is 1. The first-order chi connectivity index (χ1) is 11.3. The Bertz CT molecular complexity index is 423. The Morgan fingerprint density at radius 3 is 2.67 bits per heavy atom. The number of likely N-dealkylation sites (N-methyl/N-ethyl adjacent to an activating group) is 1. The Hall–Kier alpha value is -1.34. The van der Waals surface area contributed by atoms with Crippen LogP contribution in [0.2, 0.25) is 0 Å². The minimum absolute atomic E-state index is 0.0555. The predicted molar refractivity (Wildman–Crippen MR) is 98.4 cm³/mol. The van der Waals surface area contributed by atoms with Crippen LogP contribution in [-0.2, 0) is 9.53 Å². The minimum Gasteiger partial charge on any atom is -0.377 e. The molecular weight excluding hydrogens is 306 g/mol. The summed E-state index contributed by atoms with van der Waals surface area (Å²) < 4.78 is 5.39. The molecule has 0 spiro atoms. The molecule has 7 nitrogen and oxygen atoms in total. The van der Waals surface area contributed by atoms with E-state index >= 15 is 0 Å². The topological polar surface area (TPSA) is 69.2 Å². The van der Waals surface area contributed by atoms with Gasteiger partial charge in [-0.1, -0.05) is 0 Å². The van der Waals surface area contributed by atoms with Gasteiger partial charge < -0.3 is 20.3 Å². The molecule has 0 aromatic rings. The van der Waals surface area contributed by atoms with Crippen LogP contribution in [0.5, 0.6) is 0 Å². The Morgan fingerprint density at radius 1 is 1.38 bits per heavy atom. The SMILES string of the molecule is CN=C(NCCCN1CCCC1C(=O)N(C)C)NCC(C)(C)OC. The van der Waals surface area contributed by atoms with Gasteiger partial charge in [0.2, 0.25) is 5.91 Å². The molecule has 1 aliphatic heterocycles. The molecule has 1 saturated heterocycles. The Balaban J connectivity index is 2.30. The number of methoxy groups -OCH3 is 1. The van der Waals surface area contributed by atoms with Crippen molar-refractivity contribution < 1.29 is 9.53 Å². The number of ether oxygens (including phenoxy) is 1. The number of rotatable bonds is 8. The second kappa shape index (κ2) is 9.84. The molecule has 2 N–H and O–H groups in total. The highest BCUT2D eigenvalue weighted by Gasteiger charge is 2.30. The fraction of sp³-hybridized carbons (Fsp3) is 0.882. The van der Waals surface area contributed by atoms with E-state index in [4.69, 9.17) is 4.74 Å². The average molecular weight is 342 g/mol. The quantitative estimate of drug-likeness (QED) is 0.383. The van der Waals surface area contributed by atoms with Gasteiger partial charge in [-0.2, -0.15) is 0 Å². The Morgan fingerprint density at radius 2 is 2.08 bits per heavy atom. The van der Waals surface area contributed by atoms with Crippen LogP contribution in [0, 0.1) is 0 Å². The van der Waals surface area contributed by atoms with Crippen molar-refractivity contribution in [2.24, 2.45) is 4.99 Å². The van der Waals surface area contributed by atoms with Crippen LogP contribution in [0.3, 0.4) is 0 Å². The zero-order chi connectivity index (χ0) is 18.2. The molecule has 0 aliphatic carbocycles. The second-order valence-electron chi connectivity index (χ2n) is 7.10. The van der Waals surface area contributed by atoms with Crippen LogP contribution >= 0.6 is 0 Å². The third-order valence-electron chi connectivity index (χ3n) is 4.46. The Labute approximate surface area is 146 Å². The molecular formula is C17H35N5O2. The zero-order valence-electron chi connectivity index (χ0n) is 16.2. The fourth-order valence-corrected chi connectivity index (χ4v) is 2.75. The molecule has 1 amide bonds. The molecule has 1 fully saturated rings. The number of likely N-dealkylation sites (tertiary alicyclic amines) is 1. The van der Waals surface area contributed by atoms with Crippen molar-refractivity contribution in [1.29, 1.82) is 0 Å². The number of hydrogen-bond acceptors (Lipinski definition) is 4. The van der Waals surface area contributed by atoms with Gasteiger partial charge in [0.05, 0.1) is 11.6 Å². The van der Waals surface area contributed by atoms with Gasteiger partial charge in [-0.05, 0) is 39.7 Å². The van der Waals surface area contributed by atoms with Gasteiger partial charge in [-0.15, -0.1) is 0 Å². The maximum Gasteiger partial charge on any atom is 0.239 e. The van der Waals surface area contributed by atoms with Crippen molar-refractivity contribution in [3.63, 3.8) is 0 Å². The van der Waals surface area contributed by atoms with Crippen LogP contribution in [0.4, 0.5) is 0 Å². The summed E-state index contributed by atoms with van der Waals surface area (Å²) >= 11 is 0. The van der Waals surface area contributed by atoms with Gasteiger partial charge in [0, 0.05) is 47.9 Å².